The van der Waals surface area contributed by atoms with E-state index in [1.54, 1.807) is 0 Å². The van der Waals surface area contributed by atoms with Gasteiger partial charge in [-0.1, -0.05) is 63.1 Å². The Morgan fingerprint density at radius 3 is 1.77 bits per heavy atom. The normalized spacial score (nSPS) is 12.5. The number of rotatable bonds is 12. The van der Waals surface area contributed by atoms with E-state index in [9.17, 15) is 0 Å². The third-order valence-corrected chi connectivity index (χ3v) is 6.16. The van der Waals surface area contributed by atoms with Crippen molar-refractivity contribution in [1.29, 1.82) is 0 Å². The zero-order valence-corrected chi connectivity index (χ0v) is 20.4. The Morgan fingerprint density at radius 2 is 1.26 bits per heavy atom. The molecule has 2 rings (SSSR count). The number of benzene rings is 2. The van der Waals surface area contributed by atoms with Gasteiger partial charge in [0.15, 0.2) is 10.2 Å². The van der Waals surface area contributed by atoms with Gasteiger partial charge in [0.25, 0.3) is 0 Å². The van der Waals surface area contributed by atoms with Crippen molar-refractivity contribution in [1.82, 2.24) is 10.6 Å². The largest absolute Gasteiger partial charge is 0.362 e. The van der Waals surface area contributed by atoms with Gasteiger partial charge < -0.3 is 21.3 Å². The molecule has 0 amide bonds. The second-order valence-electron chi connectivity index (χ2n) is 7.98. The van der Waals surface area contributed by atoms with E-state index in [1.165, 1.54) is 19.3 Å². The van der Waals surface area contributed by atoms with Crippen molar-refractivity contribution in [2.75, 3.05) is 23.7 Å². The lowest BCUT2D eigenvalue weighted by atomic mass is 9.76. The summed E-state index contributed by atoms with van der Waals surface area (Å²) in [4.78, 5) is 0. The Kier molecular flexibility index (Phi) is 11.3. The minimum atomic E-state index is 0.231. The highest BCUT2D eigenvalue weighted by molar-refractivity contribution is 7.80. The number of hydrogen-bond donors (Lipinski definition) is 4. The molecule has 0 aromatic heterocycles. The first-order chi connectivity index (χ1) is 15.1. The monoisotopic (exact) mass is 456 g/mol. The van der Waals surface area contributed by atoms with Crippen LogP contribution in [-0.2, 0) is 0 Å². The van der Waals surface area contributed by atoms with Crippen LogP contribution in [0.3, 0.4) is 0 Å². The van der Waals surface area contributed by atoms with Crippen molar-refractivity contribution >= 4 is 46.0 Å². The van der Waals surface area contributed by atoms with E-state index in [-0.39, 0.29) is 5.41 Å². The summed E-state index contributed by atoms with van der Waals surface area (Å²) in [7, 11) is 0. The summed E-state index contributed by atoms with van der Waals surface area (Å²) < 4.78 is 0. The maximum atomic E-state index is 5.54. The first-order valence-electron chi connectivity index (χ1n) is 11.3. The maximum absolute atomic E-state index is 5.54. The zero-order chi connectivity index (χ0) is 22.4. The lowest BCUT2D eigenvalue weighted by Crippen LogP contribution is -2.40. The number of anilines is 2. The van der Waals surface area contributed by atoms with Gasteiger partial charge in [-0.2, -0.15) is 0 Å². The molecule has 2 aromatic rings. The Labute approximate surface area is 198 Å². The Balaban J connectivity index is 1.80. The highest BCUT2D eigenvalue weighted by atomic mass is 32.1. The van der Waals surface area contributed by atoms with E-state index in [0.717, 1.165) is 43.7 Å². The van der Waals surface area contributed by atoms with Crippen molar-refractivity contribution in [2.45, 2.75) is 52.4 Å². The maximum Gasteiger partial charge on any atom is 0.170 e. The van der Waals surface area contributed by atoms with Crippen molar-refractivity contribution < 1.29 is 0 Å². The molecule has 0 fully saturated rings. The first-order valence-corrected chi connectivity index (χ1v) is 12.1. The molecular weight excluding hydrogens is 420 g/mol. The van der Waals surface area contributed by atoms with E-state index in [1.807, 2.05) is 60.7 Å². The minimum absolute atomic E-state index is 0.231. The van der Waals surface area contributed by atoms with Crippen LogP contribution < -0.4 is 21.3 Å². The topological polar surface area (TPSA) is 48.1 Å². The summed E-state index contributed by atoms with van der Waals surface area (Å²) in [5.74, 6) is 0. The van der Waals surface area contributed by atoms with Gasteiger partial charge in [-0.05, 0) is 79.8 Å². The van der Waals surface area contributed by atoms with Gasteiger partial charge in [0.05, 0.1) is 0 Å². The number of hydrogen-bond acceptors (Lipinski definition) is 2. The molecule has 1 atom stereocenters. The zero-order valence-electron chi connectivity index (χ0n) is 18.7. The molecule has 0 aliphatic carbocycles. The summed E-state index contributed by atoms with van der Waals surface area (Å²) in [6, 6.07) is 20.1. The van der Waals surface area contributed by atoms with E-state index in [4.69, 9.17) is 24.4 Å². The summed E-state index contributed by atoms with van der Waals surface area (Å²) in [6.07, 6.45) is 6.96. The van der Waals surface area contributed by atoms with E-state index in [0.29, 0.717) is 10.2 Å². The molecule has 0 heterocycles. The van der Waals surface area contributed by atoms with E-state index >= 15 is 0 Å². The molecule has 168 valence electrons. The van der Waals surface area contributed by atoms with Gasteiger partial charge >= 0.3 is 0 Å². The molecule has 0 saturated heterocycles. The molecule has 0 unspecified atom stereocenters. The number of nitrogens with one attached hydrogen (secondary N) is 4. The molecule has 6 heteroatoms. The summed E-state index contributed by atoms with van der Waals surface area (Å²) in [6.45, 7) is 6.29. The smallest absolute Gasteiger partial charge is 0.170 e. The van der Waals surface area contributed by atoms with Gasteiger partial charge in [-0.25, -0.2) is 0 Å². The van der Waals surface area contributed by atoms with Crippen LogP contribution >= 0.6 is 24.4 Å². The lowest BCUT2D eigenvalue weighted by Gasteiger charge is -2.34. The van der Waals surface area contributed by atoms with Crippen molar-refractivity contribution in [2.24, 2.45) is 5.41 Å². The average Bonchev–Trinajstić information content (AvgIpc) is 2.79. The second kappa shape index (κ2) is 14.0. The third kappa shape index (κ3) is 9.66. The summed E-state index contributed by atoms with van der Waals surface area (Å²) >= 11 is 11.0. The number of thiocarbonyl (C=S) groups is 2. The van der Waals surface area contributed by atoms with Gasteiger partial charge in [-0.15, -0.1) is 0 Å². The molecule has 31 heavy (non-hydrogen) atoms. The van der Waals surface area contributed by atoms with E-state index < -0.39 is 0 Å². The predicted molar refractivity (Wildman–Crippen MR) is 143 cm³/mol. The van der Waals surface area contributed by atoms with Gasteiger partial charge in [-0.3, -0.25) is 0 Å². The fraction of sp³-hybridized carbons (Fsp3) is 0.440. The standard InChI is InChI=1S/C25H36N4S2/c1-3-5-17-25(4-2,20-27-24(31)29-22-15-10-7-11-16-22)18-12-19-26-23(30)28-21-13-8-6-9-14-21/h6-11,13-16H,3-5,12,17-20H2,1-2H3,(H2,26,28,30)(H2,27,29,31)/t25-/m0/s1. The second-order valence-corrected chi connectivity index (χ2v) is 8.80. The van der Waals surface area contributed by atoms with Crippen LogP contribution in [0, 0.1) is 5.41 Å². The Hall–Kier alpha value is -2.18. The molecule has 0 aliphatic rings. The molecule has 0 saturated carbocycles. The molecule has 0 spiro atoms. The quantitative estimate of drug-likeness (QED) is 0.221. The van der Waals surface area contributed by atoms with Crippen molar-refractivity contribution in [3.8, 4) is 0 Å². The van der Waals surface area contributed by atoms with Crippen LogP contribution in [0.25, 0.3) is 0 Å². The lowest BCUT2D eigenvalue weighted by molar-refractivity contribution is 0.218. The third-order valence-electron chi connectivity index (χ3n) is 5.67. The Bertz CT molecular complexity index is 783. The van der Waals surface area contributed by atoms with Gasteiger partial charge in [0, 0.05) is 24.5 Å². The molecule has 0 aliphatic heterocycles. The number of para-hydroxylation sites is 2. The van der Waals surface area contributed by atoms with Crippen LogP contribution in [0.4, 0.5) is 11.4 Å². The van der Waals surface area contributed by atoms with Gasteiger partial charge in [0.2, 0.25) is 0 Å². The van der Waals surface area contributed by atoms with Crippen LogP contribution in [0.1, 0.15) is 52.4 Å². The highest BCUT2D eigenvalue weighted by Gasteiger charge is 2.27. The van der Waals surface area contributed by atoms with Gasteiger partial charge in [0.1, 0.15) is 0 Å². The molecular formula is C25H36N4S2. The molecule has 0 radical (unpaired) electrons. The van der Waals surface area contributed by atoms with E-state index in [2.05, 4.69) is 35.1 Å². The highest BCUT2D eigenvalue weighted by Crippen LogP contribution is 2.33. The number of unbranched alkanes of at least 4 members (excludes halogenated alkanes) is 1. The van der Waals surface area contributed by atoms with Crippen LogP contribution in [0.2, 0.25) is 0 Å². The fourth-order valence-corrected chi connectivity index (χ4v) is 4.07. The molecule has 2 aromatic carbocycles. The summed E-state index contributed by atoms with van der Waals surface area (Å²) in [5.41, 5.74) is 2.25. The molecule has 4 N–H and O–H groups in total. The summed E-state index contributed by atoms with van der Waals surface area (Å²) in [5, 5.41) is 14.7. The van der Waals surface area contributed by atoms with Crippen molar-refractivity contribution in [3.05, 3.63) is 60.7 Å². The van der Waals surface area contributed by atoms with Crippen LogP contribution in [0.5, 0.6) is 0 Å². The fourth-order valence-electron chi connectivity index (χ4n) is 3.66. The first kappa shape index (κ1) is 25.1. The Morgan fingerprint density at radius 1 is 0.742 bits per heavy atom. The predicted octanol–water partition coefficient (Wildman–Crippen LogP) is 6.33. The molecule has 4 nitrogen and oxygen atoms in total. The minimum Gasteiger partial charge on any atom is -0.362 e. The van der Waals surface area contributed by atoms with Crippen LogP contribution in [0.15, 0.2) is 60.7 Å². The van der Waals surface area contributed by atoms with Crippen molar-refractivity contribution in [3.63, 3.8) is 0 Å². The van der Waals surface area contributed by atoms with Crippen LogP contribution in [-0.4, -0.2) is 23.3 Å². The molecule has 0 bridgehead atoms. The SMILES string of the molecule is CCCC[C@@](CC)(CCCNC(=S)Nc1ccccc1)CNC(=S)Nc1ccccc1. The average molecular weight is 457 g/mol.